The third kappa shape index (κ3) is 5.03. The predicted molar refractivity (Wildman–Crippen MR) is 116 cm³/mol. The summed E-state index contributed by atoms with van der Waals surface area (Å²) in [5, 5.41) is 2.51. The molecule has 0 bridgehead atoms. The number of ether oxygens (including phenoxy) is 2. The van der Waals surface area contributed by atoms with Crippen molar-refractivity contribution < 1.29 is 36.2 Å². The number of carbonyl (C=O) groups is 1. The van der Waals surface area contributed by atoms with Gasteiger partial charge in [0.2, 0.25) is 11.7 Å². The first-order chi connectivity index (χ1) is 16.2. The van der Waals surface area contributed by atoms with Crippen LogP contribution in [0.5, 0.6) is 5.75 Å². The molecule has 2 aromatic rings. The standard InChI is InChI=1S/C23H26F5N3O4/c1-10(29)21(33)30-9-14-11(2)31-16(7-17(14)32)19-13(8-22(3,35-19)23(26,27)28)12-5-6-15(24)18(25)20(12)34-4/h5-7,10,13,19H,8-9,29H2,1-4H3,(H,30,33)(H,31,32)/t10-,13-,19+,22+/m0/s1. The van der Waals surface area contributed by atoms with Crippen LogP contribution in [0.2, 0.25) is 0 Å². The number of halogens is 5. The quantitative estimate of drug-likeness (QED) is 0.524. The summed E-state index contributed by atoms with van der Waals surface area (Å²) >= 11 is 0. The molecular weight excluding hydrogens is 477 g/mol. The smallest absolute Gasteiger partial charge is 0.417 e. The van der Waals surface area contributed by atoms with Gasteiger partial charge in [0.15, 0.2) is 22.6 Å². The van der Waals surface area contributed by atoms with Crippen molar-refractivity contribution in [2.45, 2.75) is 63.6 Å². The molecule has 2 heterocycles. The second-order valence-corrected chi connectivity index (χ2v) is 8.76. The zero-order valence-corrected chi connectivity index (χ0v) is 19.5. The van der Waals surface area contributed by atoms with Gasteiger partial charge in [-0.1, -0.05) is 6.07 Å². The number of H-pyrrole nitrogens is 1. The largest absolute Gasteiger partial charge is 0.493 e. The highest BCUT2D eigenvalue weighted by Gasteiger charge is 2.60. The number of amides is 1. The predicted octanol–water partition coefficient (Wildman–Crippen LogP) is 3.50. The third-order valence-electron chi connectivity index (χ3n) is 6.17. The first kappa shape index (κ1) is 26.6. The monoisotopic (exact) mass is 503 g/mol. The van der Waals surface area contributed by atoms with E-state index in [1.54, 1.807) is 0 Å². The number of aromatic amines is 1. The molecule has 3 rings (SSSR count). The Hall–Kier alpha value is -2.99. The van der Waals surface area contributed by atoms with E-state index in [1.165, 1.54) is 13.8 Å². The maximum Gasteiger partial charge on any atom is 0.417 e. The van der Waals surface area contributed by atoms with Crippen LogP contribution in [0.3, 0.4) is 0 Å². The molecule has 0 radical (unpaired) electrons. The average Bonchev–Trinajstić information content (AvgIpc) is 3.13. The molecule has 0 aliphatic carbocycles. The molecule has 0 saturated carbocycles. The van der Waals surface area contributed by atoms with Gasteiger partial charge in [-0.25, -0.2) is 4.39 Å². The number of benzene rings is 1. The van der Waals surface area contributed by atoms with Crippen molar-refractivity contribution in [3.63, 3.8) is 0 Å². The first-order valence-corrected chi connectivity index (χ1v) is 10.7. The summed E-state index contributed by atoms with van der Waals surface area (Å²) < 4.78 is 80.3. The Morgan fingerprint density at radius 1 is 1.37 bits per heavy atom. The van der Waals surface area contributed by atoms with Crippen molar-refractivity contribution in [2.75, 3.05) is 7.11 Å². The molecule has 1 saturated heterocycles. The second kappa shape index (κ2) is 9.57. The molecule has 1 fully saturated rings. The summed E-state index contributed by atoms with van der Waals surface area (Å²) in [7, 11) is 1.08. The summed E-state index contributed by atoms with van der Waals surface area (Å²) in [5.74, 6) is -4.72. The normalized spacial score (nSPS) is 23.3. The molecule has 1 aromatic carbocycles. The molecule has 1 amide bonds. The first-order valence-electron chi connectivity index (χ1n) is 10.7. The fraction of sp³-hybridized carbons (Fsp3) is 0.478. The van der Waals surface area contributed by atoms with E-state index in [-0.39, 0.29) is 29.1 Å². The van der Waals surface area contributed by atoms with E-state index in [1.807, 2.05) is 0 Å². The van der Waals surface area contributed by atoms with Crippen molar-refractivity contribution in [1.29, 1.82) is 0 Å². The highest BCUT2D eigenvalue weighted by atomic mass is 19.4. The lowest BCUT2D eigenvalue weighted by Crippen LogP contribution is -2.41. The molecule has 4 atom stereocenters. The van der Waals surface area contributed by atoms with Crippen molar-refractivity contribution in [2.24, 2.45) is 5.73 Å². The SMILES string of the molecule is COc1c([C@@H]2C[C@](C)(C(F)(F)F)O[C@H]2c2cc(=O)c(CNC(=O)[C@H](C)N)c(C)[nH]2)ccc(F)c1F. The van der Waals surface area contributed by atoms with Crippen molar-refractivity contribution in [1.82, 2.24) is 10.3 Å². The second-order valence-electron chi connectivity index (χ2n) is 8.76. The maximum atomic E-state index is 14.4. The molecule has 1 aliphatic heterocycles. The van der Waals surface area contributed by atoms with E-state index < -0.39 is 65.0 Å². The molecule has 35 heavy (non-hydrogen) atoms. The van der Waals surface area contributed by atoms with Gasteiger partial charge in [-0.05, 0) is 33.3 Å². The number of hydrogen-bond acceptors (Lipinski definition) is 5. The Morgan fingerprint density at radius 3 is 2.57 bits per heavy atom. The van der Waals surface area contributed by atoms with Crippen LogP contribution in [-0.4, -0.2) is 35.8 Å². The van der Waals surface area contributed by atoms with Gasteiger partial charge in [0.05, 0.1) is 13.2 Å². The van der Waals surface area contributed by atoms with Crippen LogP contribution in [0.1, 0.15) is 54.8 Å². The Morgan fingerprint density at radius 2 is 2.03 bits per heavy atom. The highest BCUT2D eigenvalue weighted by molar-refractivity contribution is 5.80. The number of methoxy groups -OCH3 is 1. The van der Waals surface area contributed by atoms with E-state index in [0.717, 1.165) is 32.2 Å². The van der Waals surface area contributed by atoms with Gasteiger partial charge in [0.1, 0.15) is 6.10 Å². The van der Waals surface area contributed by atoms with Crippen molar-refractivity contribution >= 4 is 5.91 Å². The minimum Gasteiger partial charge on any atom is -0.493 e. The minimum absolute atomic E-state index is 0.0135. The molecule has 1 aromatic heterocycles. The van der Waals surface area contributed by atoms with Gasteiger partial charge < -0.3 is 25.5 Å². The lowest BCUT2D eigenvalue weighted by atomic mass is 9.85. The fourth-order valence-corrected chi connectivity index (χ4v) is 4.17. The molecule has 7 nitrogen and oxygen atoms in total. The van der Waals surface area contributed by atoms with Gasteiger partial charge in [-0.15, -0.1) is 0 Å². The summed E-state index contributed by atoms with van der Waals surface area (Å²) in [6.45, 7) is 3.70. The van der Waals surface area contributed by atoms with Gasteiger partial charge in [0, 0.05) is 41.0 Å². The number of nitrogens with one attached hydrogen (secondary N) is 2. The summed E-state index contributed by atoms with van der Waals surface area (Å²) in [6.07, 6.45) is -6.78. The molecule has 0 unspecified atom stereocenters. The minimum atomic E-state index is -4.79. The number of pyridine rings is 1. The van der Waals surface area contributed by atoms with Crippen LogP contribution < -0.4 is 21.2 Å². The number of hydrogen-bond donors (Lipinski definition) is 3. The lowest BCUT2D eigenvalue weighted by molar-refractivity contribution is -0.265. The Kier molecular flexibility index (Phi) is 7.28. The number of aromatic nitrogens is 1. The molecule has 12 heteroatoms. The number of carbonyl (C=O) groups excluding carboxylic acids is 1. The van der Waals surface area contributed by atoms with Gasteiger partial charge in [0.25, 0.3) is 0 Å². The topological polar surface area (TPSA) is 106 Å². The van der Waals surface area contributed by atoms with Crippen LogP contribution in [-0.2, 0) is 16.1 Å². The average molecular weight is 503 g/mol. The van der Waals surface area contributed by atoms with Crippen molar-refractivity contribution in [3.05, 3.63) is 62.6 Å². The number of rotatable bonds is 6. The Labute approximate surface area is 197 Å². The zero-order chi connectivity index (χ0) is 26.3. The lowest BCUT2D eigenvalue weighted by Gasteiger charge is -2.27. The molecular formula is C23H26F5N3O4. The van der Waals surface area contributed by atoms with Crippen LogP contribution in [0, 0.1) is 18.6 Å². The zero-order valence-electron chi connectivity index (χ0n) is 19.5. The van der Waals surface area contributed by atoms with Crippen LogP contribution >= 0.6 is 0 Å². The summed E-state index contributed by atoms with van der Waals surface area (Å²) in [6, 6.07) is 2.22. The van der Waals surface area contributed by atoms with Crippen molar-refractivity contribution in [3.8, 4) is 5.75 Å². The molecule has 1 aliphatic rings. The summed E-state index contributed by atoms with van der Waals surface area (Å²) in [4.78, 5) is 27.4. The van der Waals surface area contributed by atoms with Gasteiger partial charge in [-0.2, -0.15) is 17.6 Å². The van der Waals surface area contributed by atoms with Crippen LogP contribution in [0.4, 0.5) is 22.0 Å². The number of alkyl halides is 3. The Bertz CT molecular complexity index is 1180. The molecule has 0 spiro atoms. The summed E-state index contributed by atoms with van der Waals surface area (Å²) in [5.41, 5.74) is 2.76. The van der Waals surface area contributed by atoms with E-state index in [9.17, 15) is 31.5 Å². The number of nitrogens with two attached hydrogens (primary N) is 1. The fourth-order valence-electron chi connectivity index (χ4n) is 4.17. The van der Waals surface area contributed by atoms with Crippen LogP contribution in [0.15, 0.2) is 23.0 Å². The van der Waals surface area contributed by atoms with Gasteiger partial charge in [-0.3, -0.25) is 9.59 Å². The van der Waals surface area contributed by atoms with E-state index in [2.05, 4.69) is 10.3 Å². The van der Waals surface area contributed by atoms with E-state index in [0.29, 0.717) is 0 Å². The number of aryl methyl sites for hydroxylation is 1. The van der Waals surface area contributed by atoms with E-state index >= 15 is 0 Å². The highest BCUT2D eigenvalue weighted by Crippen LogP contribution is 2.56. The van der Waals surface area contributed by atoms with E-state index in [4.69, 9.17) is 15.2 Å². The molecule has 4 N–H and O–H groups in total. The van der Waals surface area contributed by atoms with Gasteiger partial charge >= 0.3 is 6.18 Å². The molecule has 192 valence electrons. The maximum absolute atomic E-state index is 14.4. The van der Waals surface area contributed by atoms with Crippen LogP contribution in [0.25, 0.3) is 0 Å². The Balaban J connectivity index is 2.08. The third-order valence-corrected chi connectivity index (χ3v) is 6.17.